The Labute approximate surface area is 150 Å². The van der Waals surface area contributed by atoms with Crippen LogP contribution in [-0.2, 0) is 16.1 Å². The van der Waals surface area contributed by atoms with Crippen LogP contribution in [0.5, 0.6) is 0 Å². The Morgan fingerprint density at radius 1 is 1.27 bits per heavy atom. The van der Waals surface area contributed by atoms with E-state index in [1.165, 1.54) is 12.3 Å². The maximum absolute atomic E-state index is 12.4. The molecule has 7 heteroatoms. The zero-order chi connectivity index (χ0) is 19.5. The molecule has 0 atom stereocenters. The summed E-state index contributed by atoms with van der Waals surface area (Å²) in [5, 5.41) is 18.6. The number of aromatic carboxylic acids is 1. The predicted molar refractivity (Wildman–Crippen MR) is 93.7 cm³/mol. The average Bonchev–Trinajstić information content (AvgIpc) is 2.54. The van der Waals surface area contributed by atoms with Gasteiger partial charge in [0.25, 0.3) is 5.56 Å². The molecule has 26 heavy (non-hydrogen) atoms. The maximum Gasteiger partial charge on any atom is 0.341 e. The Morgan fingerprint density at radius 3 is 2.50 bits per heavy atom. The van der Waals surface area contributed by atoms with Gasteiger partial charge in [-0.25, -0.2) is 4.79 Å². The number of ether oxygens (including phenoxy) is 1. The molecular weight excluding hydrogens is 336 g/mol. The van der Waals surface area contributed by atoms with E-state index in [2.05, 4.69) is 0 Å². The largest absolute Gasteiger partial charge is 0.477 e. The molecule has 2 rings (SSSR count). The van der Waals surface area contributed by atoms with E-state index in [4.69, 9.17) is 4.74 Å². The van der Waals surface area contributed by atoms with E-state index in [9.17, 15) is 24.8 Å². The van der Waals surface area contributed by atoms with Crippen molar-refractivity contribution in [3.63, 3.8) is 0 Å². The molecule has 0 aliphatic rings. The summed E-state index contributed by atoms with van der Waals surface area (Å²) in [6.45, 7) is 4.64. The number of nitrogens with zero attached hydrogens (tertiary/aromatic N) is 2. The average molecular weight is 354 g/mol. The van der Waals surface area contributed by atoms with Gasteiger partial charge in [-0.2, -0.15) is 5.26 Å². The van der Waals surface area contributed by atoms with Gasteiger partial charge in [-0.15, -0.1) is 0 Å². The molecule has 0 saturated heterocycles. The van der Waals surface area contributed by atoms with Gasteiger partial charge in [-0.05, 0) is 32.9 Å². The Bertz CT molecular complexity index is 961. The smallest absolute Gasteiger partial charge is 0.341 e. The van der Waals surface area contributed by atoms with Crippen LogP contribution in [0.3, 0.4) is 0 Å². The van der Waals surface area contributed by atoms with Gasteiger partial charge in [0.2, 0.25) is 0 Å². The molecule has 7 nitrogen and oxygen atoms in total. The molecule has 0 amide bonds. The topological polar surface area (TPSA) is 109 Å². The molecule has 0 radical (unpaired) electrons. The highest BCUT2D eigenvalue weighted by atomic mass is 16.6. The van der Waals surface area contributed by atoms with Crippen LogP contribution >= 0.6 is 0 Å². The number of carbonyl (C=O) groups excluding carboxylic acids is 1. The number of esters is 1. The number of pyridine rings is 1. The van der Waals surface area contributed by atoms with Crippen LogP contribution in [-0.4, -0.2) is 27.2 Å². The lowest BCUT2D eigenvalue weighted by Crippen LogP contribution is -2.32. The standard InChI is InChI=1S/C19H18N2O5/c1-19(2,3)26-16(22)11-21-10-13(8-15(17(21)23)18(24)25)14-7-5-4-6-12(14)9-20/h4-8,10H,11H2,1-3H3,(H,24,25). The molecule has 0 spiro atoms. The summed E-state index contributed by atoms with van der Waals surface area (Å²) in [5.41, 5.74) is -0.897. The second-order valence-electron chi connectivity index (χ2n) is 6.62. The molecule has 1 aromatic heterocycles. The number of carboxylic acids is 1. The third-order valence-corrected chi connectivity index (χ3v) is 3.39. The van der Waals surface area contributed by atoms with Gasteiger partial charge >= 0.3 is 11.9 Å². The first-order valence-electron chi connectivity index (χ1n) is 7.81. The van der Waals surface area contributed by atoms with Gasteiger partial charge in [0, 0.05) is 17.3 Å². The lowest BCUT2D eigenvalue weighted by Gasteiger charge is -2.20. The van der Waals surface area contributed by atoms with Crippen LogP contribution in [0.25, 0.3) is 11.1 Å². The highest BCUT2D eigenvalue weighted by Gasteiger charge is 2.20. The Hall–Kier alpha value is -3.40. The summed E-state index contributed by atoms with van der Waals surface area (Å²) in [5.74, 6) is -2.08. The van der Waals surface area contributed by atoms with E-state index in [-0.39, 0.29) is 0 Å². The number of benzene rings is 1. The highest BCUT2D eigenvalue weighted by molar-refractivity contribution is 5.89. The normalized spacial score (nSPS) is 10.8. The van der Waals surface area contributed by atoms with E-state index in [1.54, 1.807) is 45.0 Å². The number of carbonyl (C=O) groups is 2. The SMILES string of the molecule is CC(C)(C)OC(=O)Cn1cc(-c2ccccc2C#N)cc(C(=O)O)c1=O. The van der Waals surface area contributed by atoms with Crippen molar-refractivity contribution in [3.8, 4) is 17.2 Å². The number of carboxylic acid groups (broad SMARTS) is 1. The van der Waals surface area contributed by atoms with Crippen LogP contribution in [0.4, 0.5) is 0 Å². The van der Waals surface area contributed by atoms with Crippen LogP contribution in [0.1, 0.15) is 36.7 Å². The molecule has 1 aromatic carbocycles. The van der Waals surface area contributed by atoms with Crippen LogP contribution in [0, 0.1) is 11.3 Å². The van der Waals surface area contributed by atoms with Crippen LogP contribution < -0.4 is 5.56 Å². The summed E-state index contributed by atoms with van der Waals surface area (Å²) in [6, 6.07) is 9.82. The Kier molecular flexibility index (Phi) is 5.27. The zero-order valence-electron chi connectivity index (χ0n) is 14.6. The lowest BCUT2D eigenvalue weighted by molar-refractivity contribution is -0.155. The van der Waals surface area contributed by atoms with Gasteiger partial charge < -0.3 is 14.4 Å². The molecule has 1 N–H and O–H groups in total. The molecule has 1 heterocycles. The number of hydrogen-bond donors (Lipinski definition) is 1. The van der Waals surface area contributed by atoms with E-state index >= 15 is 0 Å². The molecule has 0 bridgehead atoms. The van der Waals surface area contributed by atoms with Crippen LogP contribution in [0.15, 0.2) is 41.3 Å². The van der Waals surface area contributed by atoms with E-state index < -0.39 is 35.2 Å². The van der Waals surface area contributed by atoms with Crippen molar-refractivity contribution in [1.29, 1.82) is 5.26 Å². The molecule has 0 saturated carbocycles. The monoisotopic (exact) mass is 354 g/mol. The third kappa shape index (κ3) is 4.36. The minimum absolute atomic E-state index is 0.325. The second-order valence-corrected chi connectivity index (χ2v) is 6.62. The van der Waals surface area contributed by atoms with Crippen molar-refractivity contribution in [2.45, 2.75) is 32.9 Å². The van der Waals surface area contributed by atoms with Crippen molar-refractivity contribution in [1.82, 2.24) is 4.57 Å². The van der Waals surface area contributed by atoms with Crippen molar-refractivity contribution in [2.24, 2.45) is 0 Å². The number of rotatable bonds is 4. The van der Waals surface area contributed by atoms with Crippen molar-refractivity contribution >= 4 is 11.9 Å². The molecule has 0 fully saturated rings. The van der Waals surface area contributed by atoms with Crippen LogP contribution in [0.2, 0.25) is 0 Å². The minimum Gasteiger partial charge on any atom is -0.477 e. The molecule has 134 valence electrons. The quantitative estimate of drug-likeness (QED) is 0.845. The molecule has 0 aliphatic carbocycles. The third-order valence-electron chi connectivity index (χ3n) is 3.39. The Morgan fingerprint density at radius 2 is 1.92 bits per heavy atom. The van der Waals surface area contributed by atoms with Gasteiger partial charge in [0.05, 0.1) is 11.6 Å². The fourth-order valence-electron chi connectivity index (χ4n) is 2.40. The van der Waals surface area contributed by atoms with E-state index in [0.717, 1.165) is 4.57 Å². The van der Waals surface area contributed by atoms with Gasteiger partial charge in [0.15, 0.2) is 0 Å². The molecule has 0 unspecified atom stereocenters. The highest BCUT2D eigenvalue weighted by Crippen LogP contribution is 2.23. The number of nitriles is 1. The molecular formula is C19H18N2O5. The van der Waals surface area contributed by atoms with Crippen molar-refractivity contribution in [3.05, 3.63) is 58.0 Å². The number of hydrogen-bond acceptors (Lipinski definition) is 5. The summed E-state index contributed by atoms with van der Waals surface area (Å²) in [7, 11) is 0. The zero-order valence-corrected chi connectivity index (χ0v) is 14.6. The fraction of sp³-hybridized carbons (Fsp3) is 0.263. The fourth-order valence-corrected chi connectivity index (χ4v) is 2.40. The summed E-state index contributed by atoms with van der Waals surface area (Å²) < 4.78 is 6.18. The van der Waals surface area contributed by atoms with Gasteiger partial charge in [-0.3, -0.25) is 9.59 Å². The van der Waals surface area contributed by atoms with Gasteiger partial charge in [-0.1, -0.05) is 18.2 Å². The van der Waals surface area contributed by atoms with Crippen molar-refractivity contribution < 1.29 is 19.4 Å². The lowest BCUT2D eigenvalue weighted by atomic mass is 10.0. The van der Waals surface area contributed by atoms with E-state index in [0.29, 0.717) is 16.7 Å². The number of aromatic nitrogens is 1. The van der Waals surface area contributed by atoms with E-state index in [1.807, 2.05) is 6.07 Å². The molecule has 0 aliphatic heterocycles. The summed E-state index contributed by atoms with van der Waals surface area (Å²) >= 11 is 0. The predicted octanol–water partition coefficient (Wildman–Crippen LogP) is 2.43. The molecule has 2 aromatic rings. The summed E-state index contributed by atoms with van der Waals surface area (Å²) in [4.78, 5) is 35.8. The maximum atomic E-state index is 12.4. The minimum atomic E-state index is -1.41. The summed E-state index contributed by atoms with van der Waals surface area (Å²) in [6.07, 6.45) is 1.36. The first-order chi connectivity index (χ1) is 12.1. The first-order valence-corrected chi connectivity index (χ1v) is 7.81. The Balaban J connectivity index is 2.57. The first kappa shape index (κ1) is 18.9. The van der Waals surface area contributed by atoms with Crippen molar-refractivity contribution in [2.75, 3.05) is 0 Å². The van der Waals surface area contributed by atoms with Gasteiger partial charge in [0.1, 0.15) is 17.7 Å². The second kappa shape index (κ2) is 7.23.